The number of aromatic amines is 1. The van der Waals surface area contributed by atoms with Gasteiger partial charge >= 0.3 is 0 Å². The smallest absolute Gasteiger partial charge is 0.276 e. The second kappa shape index (κ2) is 7.72. The molecule has 1 aliphatic heterocycles. The molecule has 2 amide bonds. The molecule has 2 aromatic heterocycles. The molecule has 0 spiro atoms. The lowest BCUT2D eigenvalue weighted by Gasteiger charge is -2.21. The molecule has 0 unspecified atom stereocenters. The summed E-state index contributed by atoms with van der Waals surface area (Å²) < 4.78 is 4.98. The normalized spacial score (nSPS) is 15.2. The van der Waals surface area contributed by atoms with E-state index in [0.717, 1.165) is 23.4 Å². The number of H-pyrrole nitrogens is 1. The molecule has 8 heteroatoms. The maximum Gasteiger partial charge on any atom is 0.276 e. The van der Waals surface area contributed by atoms with Crippen molar-refractivity contribution >= 4 is 11.8 Å². The van der Waals surface area contributed by atoms with Crippen LogP contribution in [0, 0.1) is 20.8 Å². The molecule has 0 bridgehead atoms. The van der Waals surface area contributed by atoms with Crippen LogP contribution in [0.1, 0.15) is 46.0 Å². The van der Waals surface area contributed by atoms with Crippen LogP contribution >= 0.6 is 0 Å². The monoisotopic (exact) mass is 359 g/mol. The molecule has 3 rings (SSSR count). The lowest BCUT2D eigenvalue weighted by Crippen LogP contribution is -2.37. The van der Waals surface area contributed by atoms with E-state index < -0.39 is 0 Å². The summed E-state index contributed by atoms with van der Waals surface area (Å²) in [5.74, 6) is 0.583. The number of aromatic nitrogens is 3. The van der Waals surface area contributed by atoms with Crippen molar-refractivity contribution in [3.8, 4) is 0 Å². The number of rotatable bonds is 4. The van der Waals surface area contributed by atoms with E-state index in [1.165, 1.54) is 0 Å². The third-order valence-electron chi connectivity index (χ3n) is 4.91. The van der Waals surface area contributed by atoms with E-state index >= 15 is 0 Å². The van der Waals surface area contributed by atoms with Crippen LogP contribution in [0.5, 0.6) is 0 Å². The third kappa shape index (κ3) is 3.95. The van der Waals surface area contributed by atoms with E-state index in [1.54, 1.807) is 17.9 Å². The van der Waals surface area contributed by atoms with Crippen molar-refractivity contribution in [3.63, 3.8) is 0 Å². The van der Waals surface area contributed by atoms with Gasteiger partial charge in [0.2, 0.25) is 5.91 Å². The zero-order valence-electron chi connectivity index (χ0n) is 15.5. The molecule has 0 aromatic carbocycles. The van der Waals surface area contributed by atoms with E-state index in [2.05, 4.69) is 15.4 Å². The lowest BCUT2D eigenvalue weighted by atomic mass is 10.1. The van der Waals surface area contributed by atoms with Crippen LogP contribution in [0.4, 0.5) is 0 Å². The van der Waals surface area contributed by atoms with E-state index in [0.29, 0.717) is 50.5 Å². The summed E-state index contributed by atoms with van der Waals surface area (Å²) in [6.07, 6.45) is 1.82. The van der Waals surface area contributed by atoms with Gasteiger partial charge < -0.3 is 14.3 Å². The third-order valence-corrected chi connectivity index (χ3v) is 4.91. The number of aryl methyl sites for hydroxylation is 3. The summed E-state index contributed by atoms with van der Waals surface area (Å²) in [5.41, 5.74) is 3.43. The Kier molecular flexibility index (Phi) is 5.39. The Morgan fingerprint density at radius 3 is 2.54 bits per heavy atom. The van der Waals surface area contributed by atoms with Crippen molar-refractivity contribution in [1.82, 2.24) is 25.2 Å². The first-order valence-electron chi connectivity index (χ1n) is 8.96. The molecule has 0 saturated carbocycles. The van der Waals surface area contributed by atoms with Gasteiger partial charge in [0.15, 0.2) is 5.69 Å². The van der Waals surface area contributed by atoms with Crippen LogP contribution < -0.4 is 0 Å². The second-order valence-electron chi connectivity index (χ2n) is 6.77. The van der Waals surface area contributed by atoms with Crippen molar-refractivity contribution in [2.24, 2.45) is 0 Å². The molecule has 0 atom stereocenters. The molecule has 0 aliphatic carbocycles. The van der Waals surface area contributed by atoms with Gasteiger partial charge in [-0.05, 0) is 32.8 Å². The van der Waals surface area contributed by atoms with Crippen molar-refractivity contribution in [3.05, 3.63) is 34.5 Å². The highest BCUT2D eigenvalue weighted by atomic mass is 16.5. The van der Waals surface area contributed by atoms with Gasteiger partial charge in [-0.3, -0.25) is 14.7 Å². The SMILES string of the molecule is Cc1cc(C(=O)N2CCCN(C(=O)CCc3n[nH]c(C)c3C)CC2)no1. The highest BCUT2D eigenvalue weighted by Crippen LogP contribution is 2.13. The highest BCUT2D eigenvalue weighted by molar-refractivity contribution is 5.92. The first kappa shape index (κ1) is 18.2. The van der Waals surface area contributed by atoms with Crippen molar-refractivity contribution < 1.29 is 14.1 Å². The minimum Gasteiger partial charge on any atom is -0.361 e. The molecule has 8 nitrogen and oxygen atoms in total. The molecule has 26 heavy (non-hydrogen) atoms. The van der Waals surface area contributed by atoms with Crippen molar-refractivity contribution in [1.29, 1.82) is 0 Å². The minimum absolute atomic E-state index is 0.108. The second-order valence-corrected chi connectivity index (χ2v) is 6.77. The average Bonchev–Trinajstić information content (AvgIpc) is 3.09. The Bertz CT molecular complexity index is 795. The number of carbonyl (C=O) groups is 2. The number of nitrogens with zero attached hydrogens (tertiary/aromatic N) is 4. The summed E-state index contributed by atoms with van der Waals surface area (Å²) in [5, 5.41) is 11.0. The van der Waals surface area contributed by atoms with Gasteiger partial charge in [0.1, 0.15) is 5.76 Å². The zero-order chi connectivity index (χ0) is 18.7. The topological polar surface area (TPSA) is 95.3 Å². The molecule has 1 N–H and O–H groups in total. The first-order chi connectivity index (χ1) is 12.5. The van der Waals surface area contributed by atoms with Crippen LogP contribution in [0.25, 0.3) is 0 Å². The quantitative estimate of drug-likeness (QED) is 0.895. The van der Waals surface area contributed by atoms with E-state index in [1.807, 2.05) is 18.7 Å². The van der Waals surface area contributed by atoms with Gasteiger partial charge in [-0.1, -0.05) is 5.16 Å². The number of nitrogens with one attached hydrogen (secondary N) is 1. The first-order valence-corrected chi connectivity index (χ1v) is 8.96. The largest absolute Gasteiger partial charge is 0.361 e. The summed E-state index contributed by atoms with van der Waals surface area (Å²) in [7, 11) is 0. The van der Waals surface area contributed by atoms with Crippen LogP contribution in [-0.2, 0) is 11.2 Å². The van der Waals surface area contributed by atoms with Crippen LogP contribution in [0.15, 0.2) is 10.6 Å². The number of hydrogen-bond acceptors (Lipinski definition) is 5. The zero-order valence-corrected chi connectivity index (χ0v) is 15.5. The molecule has 1 fully saturated rings. The fourth-order valence-corrected chi connectivity index (χ4v) is 3.16. The van der Waals surface area contributed by atoms with Gasteiger partial charge in [0, 0.05) is 50.8 Å². The minimum atomic E-state index is -0.140. The van der Waals surface area contributed by atoms with Crippen molar-refractivity contribution in [2.45, 2.75) is 40.0 Å². The van der Waals surface area contributed by atoms with Gasteiger partial charge in [0.25, 0.3) is 5.91 Å². The van der Waals surface area contributed by atoms with Crippen LogP contribution in [0.3, 0.4) is 0 Å². The molecular formula is C18H25N5O3. The predicted molar refractivity (Wildman–Crippen MR) is 94.7 cm³/mol. The summed E-state index contributed by atoms with van der Waals surface area (Å²) in [6, 6.07) is 1.64. The Hall–Kier alpha value is -2.64. The van der Waals surface area contributed by atoms with E-state index in [9.17, 15) is 9.59 Å². The molecule has 0 radical (unpaired) electrons. The molecule has 3 heterocycles. The van der Waals surface area contributed by atoms with Crippen LogP contribution in [0.2, 0.25) is 0 Å². The summed E-state index contributed by atoms with van der Waals surface area (Å²) in [4.78, 5) is 28.6. The van der Waals surface area contributed by atoms with Gasteiger partial charge in [-0.2, -0.15) is 5.10 Å². The molecule has 140 valence electrons. The molecule has 1 saturated heterocycles. The highest BCUT2D eigenvalue weighted by Gasteiger charge is 2.24. The fourth-order valence-electron chi connectivity index (χ4n) is 3.16. The van der Waals surface area contributed by atoms with Crippen molar-refractivity contribution in [2.75, 3.05) is 26.2 Å². The summed E-state index contributed by atoms with van der Waals surface area (Å²) >= 11 is 0. The Morgan fingerprint density at radius 2 is 1.88 bits per heavy atom. The predicted octanol–water partition coefficient (Wildman–Crippen LogP) is 1.63. The van der Waals surface area contributed by atoms with E-state index in [-0.39, 0.29) is 11.8 Å². The standard InChI is InChI=1S/C18H25N5O3/c1-12-11-16(21-26-12)18(25)23-8-4-7-22(9-10-23)17(24)6-5-15-13(2)14(3)19-20-15/h11H,4-10H2,1-3H3,(H,19,20). The number of carbonyl (C=O) groups excluding carboxylic acids is 2. The van der Waals surface area contributed by atoms with Gasteiger partial charge in [0.05, 0.1) is 5.69 Å². The number of hydrogen-bond donors (Lipinski definition) is 1. The Labute approximate surface area is 152 Å². The molecular weight excluding hydrogens is 334 g/mol. The Balaban J connectivity index is 1.53. The average molecular weight is 359 g/mol. The van der Waals surface area contributed by atoms with Gasteiger partial charge in [-0.15, -0.1) is 0 Å². The number of amides is 2. The molecule has 2 aromatic rings. The maximum absolute atomic E-state index is 12.5. The van der Waals surface area contributed by atoms with E-state index in [4.69, 9.17) is 4.52 Å². The summed E-state index contributed by atoms with van der Waals surface area (Å²) in [6.45, 7) is 8.08. The lowest BCUT2D eigenvalue weighted by molar-refractivity contribution is -0.131. The molecule has 1 aliphatic rings. The Morgan fingerprint density at radius 1 is 1.15 bits per heavy atom. The van der Waals surface area contributed by atoms with Gasteiger partial charge in [-0.25, -0.2) is 0 Å². The van der Waals surface area contributed by atoms with Crippen LogP contribution in [-0.4, -0.2) is 63.1 Å². The fraction of sp³-hybridized carbons (Fsp3) is 0.556. The maximum atomic E-state index is 12.5.